The third kappa shape index (κ3) is 4.55. The van der Waals surface area contributed by atoms with Crippen molar-refractivity contribution in [2.45, 2.75) is 56.8 Å². The highest BCUT2D eigenvalue weighted by Crippen LogP contribution is 2.69. The summed E-state index contributed by atoms with van der Waals surface area (Å²) >= 11 is 0. The zero-order valence-electron chi connectivity index (χ0n) is 32.4. The molecule has 1 spiro atoms. The Kier molecular flexibility index (Phi) is 6.93. The van der Waals surface area contributed by atoms with E-state index < -0.39 is 0 Å². The summed E-state index contributed by atoms with van der Waals surface area (Å²) in [6.07, 6.45) is 7.12. The minimum absolute atomic E-state index is 0.0729. The molecular weight excluding hydrogens is 675 g/mol. The Morgan fingerprint density at radius 2 is 0.839 bits per heavy atom. The molecule has 1 nitrogen and oxygen atoms in total. The van der Waals surface area contributed by atoms with Crippen LogP contribution in [0.25, 0.3) is 44.5 Å². The molecule has 0 radical (unpaired) electrons. The van der Waals surface area contributed by atoms with Crippen LogP contribution in [0.1, 0.15) is 68.2 Å². The van der Waals surface area contributed by atoms with E-state index in [1.54, 1.807) is 11.1 Å². The fourth-order valence-corrected chi connectivity index (χ4v) is 12.8. The van der Waals surface area contributed by atoms with Gasteiger partial charge < -0.3 is 4.90 Å². The number of rotatable bonds is 5. The molecule has 0 amide bonds. The molecule has 0 unspecified atom stereocenters. The molecule has 0 saturated heterocycles. The Balaban J connectivity index is 0.951. The average molecular weight is 722 g/mol. The van der Waals surface area contributed by atoms with Gasteiger partial charge in [0.25, 0.3) is 0 Å². The Bertz CT molecular complexity index is 2630. The van der Waals surface area contributed by atoms with Crippen LogP contribution in [0.5, 0.6) is 0 Å². The van der Waals surface area contributed by atoms with Gasteiger partial charge in [0.1, 0.15) is 0 Å². The second kappa shape index (κ2) is 11.9. The van der Waals surface area contributed by atoms with Crippen LogP contribution in [0.2, 0.25) is 0 Å². The highest BCUT2D eigenvalue weighted by Gasteiger charge is 2.61. The van der Waals surface area contributed by atoms with Crippen LogP contribution in [0, 0.1) is 23.7 Å². The maximum Gasteiger partial charge on any atom is 0.0465 e. The highest BCUT2D eigenvalue weighted by atomic mass is 15.1. The van der Waals surface area contributed by atoms with Crippen LogP contribution >= 0.6 is 0 Å². The van der Waals surface area contributed by atoms with Crippen molar-refractivity contribution < 1.29 is 0 Å². The first-order chi connectivity index (χ1) is 27.5. The minimum Gasteiger partial charge on any atom is -0.310 e. The van der Waals surface area contributed by atoms with Crippen LogP contribution in [-0.4, -0.2) is 0 Å². The van der Waals surface area contributed by atoms with Crippen molar-refractivity contribution in [1.29, 1.82) is 0 Å². The van der Waals surface area contributed by atoms with Crippen LogP contribution < -0.4 is 4.90 Å². The second-order valence-corrected chi connectivity index (χ2v) is 18.2. The fraction of sp³-hybridized carbons (Fsp3) is 0.236. The average Bonchev–Trinajstić information content (AvgIpc) is 3.66. The highest BCUT2D eigenvalue weighted by molar-refractivity contribution is 5.88. The molecule has 0 aliphatic heterocycles. The topological polar surface area (TPSA) is 3.24 Å². The SMILES string of the molecule is CC1(C)c2ccccc2-c2ccc(N(c3ccc(-c4ccccc4)cc3)c3ccc(-c4ccc5c(c4)C4(c6ccccc6-5)C5CC6CC(C5)CC4C6)cc3)cc21. The van der Waals surface area contributed by atoms with Crippen molar-refractivity contribution in [3.8, 4) is 44.5 Å². The lowest BCUT2D eigenvalue weighted by Gasteiger charge is -2.61. The van der Waals surface area contributed by atoms with Crippen LogP contribution in [0.4, 0.5) is 17.1 Å². The van der Waals surface area contributed by atoms with E-state index in [1.807, 2.05) is 0 Å². The van der Waals surface area contributed by atoms with Gasteiger partial charge in [0, 0.05) is 27.9 Å². The molecule has 0 N–H and O–H groups in total. The molecule has 56 heavy (non-hydrogen) atoms. The predicted molar refractivity (Wildman–Crippen MR) is 233 cm³/mol. The smallest absolute Gasteiger partial charge is 0.0465 e. The molecule has 7 aromatic rings. The molecule has 272 valence electrons. The zero-order chi connectivity index (χ0) is 37.2. The lowest BCUT2D eigenvalue weighted by Crippen LogP contribution is -2.55. The normalized spacial score (nSPS) is 24.1. The van der Waals surface area contributed by atoms with Gasteiger partial charge in [-0.25, -0.2) is 0 Å². The van der Waals surface area contributed by atoms with Gasteiger partial charge in [-0.2, -0.15) is 0 Å². The maximum atomic E-state index is 2.62. The van der Waals surface area contributed by atoms with E-state index in [0.717, 1.165) is 29.4 Å². The number of anilines is 3. The summed E-state index contributed by atoms with van der Waals surface area (Å²) in [4.78, 5) is 2.45. The van der Waals surface area contributed by atoms with Crippen molar-refractivity contribution >= 4 is 17.1 Å². The van der Waals surface area contributed by atoms with Gasteiger partial charge in [-0.1, -0.05) is 135 Å². The third-order valence-corrected chi connectivity index (χ3v) is 15.1. The molecule has 4 bridgehead atoms. The van der Waals surface area contributed by atoms with E-state index in [0.29, 0.717) is 0 Å². The predicted octanol–water partition coefficient (Wildman–Crippen LogP) is 14.5. The molecule has 13 rings (SSSR count). The van der Waals surface area contributed by atoms with Gasteiger partial charge in [-0.3, -0.25) is 0 Å². The molecule has 4 fully saturated rings. The van der Waals surface area contributed by atoms with E-state index >= 15 is 0 Å². The van der Waals surface area contributed by atoms with Crippen LogP contribution in [0.3, 0.4) is 0 Å². The van der Waals surface area contributed by atoms with Crippen molar-refractivity contribution in [2.75, 3.05) is 4.90 Å². The number of nitrogens with zero attached hydrogens (tertiary/aromatic N) is 1. The molecule has 6 aliphatic carbocycles. The minimum atomic E-state index is -0.0729. The first-order valence-electron chi connectivity index (χ1n) is 21.0. The molecule has 4 saturated carbocycles. The fourth-order valence-electron chi connectivity index (χ4n) is 12.8. The van der Waals surface area contributed by atoms with Gasteiger partial charge in [-0.05, 0) is 165 Å². The summed E-state index contributed by atoms with van der Waals surface area (Å²) in [5.74, 6) is 3.43. The monoisotopic (exact) mass is 721 g/mol. The standard InChI is InChI=1S/C55H47N/c1-54(2)50-14-8-6-12-46(50)48-27-25-45(34-52(48)54)56(43-21-16-38(17-22-43)37-10-4-3-5-11-37)44-23-18-39(19-24-44)40-20-26-49-47-13-7-9-15-51(47)55(53(49)33-40)41-29-35-28-36(31-41)32-42(55)30-35/h3-27,33-36,41-42H,28-32H2,1-2H3. The van der Waals surface area contributed by atoms with E-state index in [-0.39, 0.29) is 10.8 Å². The first-order valence-corrected chi connectivity index (χ1v) is 21.0. The Labute approximate surface area is 331 Å². The Morgan fingerprint density at radius 3 is 1.50 bits per heavy atom. The van der Waals surface area contributed by atoms with Gasteiger partial charge in [0.2, 0.25) is 0 Å². The lowest BCUT2D eigenvalue weighted by molar-refractivity contribution is -0.0399. The van der Waals surface area contributed by atoms with Crippen LogP contribution in [0.15, 0.2) is 164 Å². The van der Waals surface area contributed by atoms with E-state index in [1.165, 1.54) is 99.1 Å². The summed E-state index contributed by atoms with van der Waals surface area (Å²) in [6, 6.07) is 62.2. The van der Waals surface area contributed by atoms with Gasteiger partial charge >= 0.3 is 0 Å². The number of hydrogen-bond donors (Lipinski definition) is 0. The summed E-state index contributed by atoms with van der Waals surface area (Å²) in [6.45, 7) is 4.75. The van der Waals surface area contributed by atoms with Crippen molar-refractivity contribution in [1.82, 2.24) is 0 Å². The molecule has 0 atom stereocenters. The Morgan fingerprint density at radius 1 is 0.375 bits per heavy atom. The molecule has 0 aromatic heterocycles. The van der Waals surface area contributed by atoms with Gasteiger partial charge in [0.15, 0.2) is 0 Å². The maximum absolute atomic E-state index is 2.62. The molecule has 1 heteroatoms. The van der Waals surface area contributed by atoms with Gasteiger partial charge in [-0.15, -0.1) is 0 Å². The van der Waals surface area contributed by atoms with Crippen LogP contribution in [-0.2, 0) is 10.8 Å². The van der Waals surface area contributed by atoms with Crippen molar-refractivity contribution in [2.24, 2.45) is 23.7 Å². The number of fused-ring (bicyclic) bond motifs is 6. The largest absolute Gasteiger partial charge is 0.310 e. The molecule has 0 heterocycles. The van der Waals surface area contributed by atoms with Gasteiger partial charge in [0.05, 0.1) is 0 Å². The first kappa shape index (κ1) is 32.6. The summed E-state index contributed by atoms with van der Waals surface area (Å²) in [5, 5.41) is 0. The summed E-state index contributed by atoms with van der Waals surface area (Å²) in [7, 11) is 0. The molecule has 6 aliphatic rings. The molecular formula is C55H47N. The zero-order valence-corrected chi connectivity index (χ0v) is 32.4. The van der Waals surface area contributed by atoms with E-state index in [2.05, 4.69) is 183 Å². The summed E-state index contributed by atoms with van der Waals surface area (Å²) in [5.41, 5.74) is 20.4. The lowest BCUT2D eigenvalue weighted by atomic mass is 9.43. The third-order valence-electron chi connectivity index (χ3n) is 15.1. The van der Waals surface area contributed by atoms with Crippen molar-refractivity contribution in [3.63, 3.8) is 0 Å². The number of benzene rings is 7. The second-order valence-electron chi connectivity index (χ2n) is 18.2. The quantitative estimate of drug-likeness (QED) is 0.171. The summed E-state index contributed by atoms with van der Waals surface area (Å²) < 4.78 is 0. The Hall–Kier alpha value is -5.66. The van der Waals surface area contributed by atoms with E-state index in [9.17, 15) is 0 Å². The van der Waals surface area contributed by atoms with E-state index in [4.69, 9.17) is 0 Å². The molecule has 7 aromatic carbocycles. The number of hydrogen-bond acceptors (Lipinski definition) is 1. The van der Waals surface area contributed by atoms with Crippen molar-refractivity contribution in [3.05, 3.63) is 186 Å².